The summed E-state index contributed by atoms with van der Waals surface area (Å²) in [6.07, 6.45) is 1.56. The molecular weight excluding hydrogens is 256 g/mol. The number of ether oxygens (including phenoxy) is 2. The van der Waals surface area contributed by atoms with Crippen LogP contribution in [0.25, 0.3) is 0 Å². The van der Waals surface area contributed by atoms with Gasteiger partial charge in [-0.25, -0.2) is 4.79 Å². The first-order valence-corrected chi connectivity index (χ1v) is 6.35. The third-order valence-electron chi connectivity index (χ3n) is 2.99. The standard InChI is InChI=1S/C16H20O4/c1-16(2,10-8-15(17)18)9-7-12-5-6-13(19-3)14(11-12)20-4/h5-6,11H,7,9H2,1-4H3,(H,17,18). The van der Waals surface area contributed by atoms with Crippen LogP contribution in [-0.2, 0) is 11.2 Å². The number of hydrogen-bond donors (Lipinski definition) is 1. The molecule has 0 radical (unpaired) electrons. The molecule has 0 fully saturated rings. The predicted octanol–water partition coefficient (Wildman–Crippen LogP) is 2.75. The van der Waals surface area contributed by atoms with E-state index in [0.29, 0.717) is 11.5 Å². The lowest BCUT2D eigenvalue weighted by Crippen LogP contribution is -2.10. The second-order valence-electron chi connectivity index (χ2n) is 5.13. The Morgan fingerprint density at radius 1 is 1.25 bits per heavy atom. The first kappa shape index (κ1) is 15.9. The van der Waals surface area contributed by atoms with Crippen molar-refractivity contribution < 1.29 is 19.4 Å². The van der Waals surface area contributed by atoms with Gasteiger partial charge in [-0.2, -0.15) is 0 Å². The molecule has 0 unspecified atom stereocenters. The molecule has 0 aliphatic carbocycles. The fraction of sp³-hybridized carbons (Fsp3) is 0.438. The van der Waals surface area contributed by atoms with Gasteiger partial charge < -0.3 is 14.6 Å². The summed E-state index contributed by atoms with van der Waals surface area (Å²) in [6.45, 7) is 3.87. The van der Waals surface area contributed by atoms with Crippen molar-refractivity contribution in [1.82, 2.24) is 0 Å². The van der Waals surface area contributed by atoms with Gasteiger partial charge in [0.15, 0.2) is 11.5 Å². The molecule has 1 rings (SSSR count). The topological polar surface area (TPSA) is 55.8 Å². The van der Waals surface area contributed by atoms with Crippen LogP contribution in [0.2, 0.25) is 0 Å². The zero-order valence-electron chi connectivity index (χ0n) is 12.3. The van der Waals surface area contributed by atoms with E-state index in [4.69, 9.17) is 14.6 Å². The summed E-state index contributed by atoms with van der Waals surface area (Å²) in [4.78, 5) is 10.5. The second kappa shape index (κ2) is 6.85. The van der Waals surface area contributed by atoms with Crippen LogP contribution in [0.5, 0.6) is 11.5 Å². The number of carboxylic acids is 1. The number of carbonyl (C=O) groups is 1. The number of benzene rings is 1. The van der Waals surface area contributed by atoms with Crippen molar-refractivity contribution in [3.8, 4) is 23.3 Å². The Morgan fingerprint density at radius 3 is 2.45 bits per heavy atom. The molecule has 0 saturated heterocycles. The molecule has 0 aliphatic heterocycles. The Bertz CT molecular complexity index is 535. The van der Waals surface area contributed by atoms with Gasteiger partial charge in [0.05, 0.1) is 14.2 Å². The van der Waals surface area contributed by atoms with Crippen molar-refractivity contribution in [1.29, 1.82) is 0 Å². The largest absolute Gasteiger partial charge is 0.493 e. The van der Waals surface area contributed by atoms with Crippen molar-refractivity contribution >= 4 is 5.97 Å². The number of methoxy groups -OCH3 is 2. The van der Waals surface area contributed by atoms with E-state index in [1.54, 1.807) is 14.2 Å². The highest BCUT2D eigenvalue weighted by Crippen LogP contribution is 2.29. The summed E-state index contributed by atoms with van der Waals surface area (Å²) in [5.41, 5.74) is 0.763. The van der Waals surface area contributed by atoms with Gasteiger partial charge in [-0.3, -0.25) is 0 Å². The average molecular weight is 276 g/mol. The van der Waals surface area contributed by atoms with Gasteiger partial charge in [0, 0.05) is 11.3 Å². The van der Waals surface area contributed by atoms with Crippen LogP contribution in [0.4, 0.5) is 0 Å². The third-order valence-corrected chi connectivity index (χ3v) is 2.99. The number of aryl methyl sites for hydroxylation is 1. The molecule has 0 bridgehead atoms. The molecule has 0 heterocycles. The van der Waals surface area contributed by atoms with Crippen LogP contribution in [0.1, 0.15) is 25.8 Å². The quantitative estimate of drug-likeness (QED) is 0.840. The van der Waals surface area contributed by atoms with Crippen LogP contribution in [-0.4, -0.2) is 25.3 Å². The minimum Gasteiger partial charge on any atom is -0.493 e. The summed E-state index contributed by atoms with van der Waals surface area (Å²) < 4.78 is 10.4. The summed E-state index contributed by atoms with van der Waals surface area (Å²) in [7, 11) is 3.20. The fourth-order valence-corrected chi connectivity index (χ4v) is 1.78. The summed E-state index contributed by atoms with van der Waals surface area (Å²) in [6, 6.07) is 5.77. The van der Waals surface area contributed by atoms with Gasteiger partial charge in [0.25, 0.3) is 0 Å². The van der Waals surface area contributed by atoms with Gasteiger partial charge in [0.1, 0.15) is 0 Å². The first-order valence-electron chi connectivity index (χ1n) is 6.35. The van der Waals surface area contributed by atoms with Crippen LogP contribution >= 0.6 is 0 Å². The Morgan fingerprint density at radius 2 is 1.90 bits per heavy atom. The maximum Gasteiger partial charge on any atom is 0.381 e. The Hall–Kier alpha value is -2.15. The molecule has 1 aromatic rings. The zero-order chi connectivity index (χ0) is 15.2. The molecule has 0 aliphatic rings. The molecule has 4 nitrogen and oxygen atoms in total. The van der Waals surface area contributed by atoms with E-state index in [1.807, 2.05) is 32.0 Å². The lowest BCUT2D eigenvalue weighted by atomic mass is 9.87. The maximum atomic E-state index is 10.5. The molecular formula is C16H20O4. The Balaban J connectivity index is 2.75. The molecule has 0 atom stereocenters. The lowest BCUT2D eigenvalue weighted by molar-refractivity contribution is -0.130. The monoisotopic (exact) mass is 276 g/mol. The van der Waals surface area contributed by atoms with Crippen molar-refractivity contribution in [3.63, 3.8) is 0 Å². The average Bonchev–Trinajstić information content (AvgIpc) is 2.43. The molecule has 0 amide bonds. The van der Waals surface area contributed by atoms with Crippen LogP contribution in [0, 0.1) is 17.3 Å². The number of carboxylic acid groups (broad SMARTS) is 1. The molecule has 0 saturated carbocycles. The van der Waals surface area contributed by atoms with Crippen molar-refractivity contribution in [2.75, 3.05) is 14.2 Å². The molecule has 20 heavy (non-hydrogen) atoms. The van der Waals surface area contributed by atoms with E-state index < -0.39 is 5.97 Å². The highest BCUT2D eigenvalue weighted by atomic mass is 16.5. The van der Waals surface area contributed by atoms with Crippen molar-refractivity contribution in [3.05, 3.63) is 23.8 Å². The molecule has 108 valence electrons. The summed E-state index contributed by atoms with van der Waals surface area (Å²) >= 11 is 0. The van der Waals surface area contributed by atoms with Crippen LogP contribution in [0.15, 0.2) is 18.2 Å². The zero-order valence-corrected chi connectivity index (χ0v) is 12.3. The highest BCUT2D eigenvalue weighted by molar-refractivity contribution is 5.86. The minimum absolute atomic E-state index is 0.342. The lowest BCUT2D eigenvalue weighted by Gasteiger charge is -2.17. The van der Waals surface area contributed by atoms with Crippen molar-refractivity contribution in [2.45, 2.75) is 26.7 Å². The number of rotatable bonds is 5. The molecule has 0 spiro atoms. The van der Waals surface area contributed by atoms with Crippen molar-refractivity contribution in [2.24, 2.45) is 5.41 Å². The van der Waals surface area contributed by atoms with Gasteiger partial charge in [0.2, 0.25) is 0 Å². The molecule has 4 heteroatoms. The summed E-state index contributed by atoms with van der Waals surface area (Å²) in [5.74, 6) is 5.26. The fourth-order valence-electron chi connectivity index (χ4n) is 1.78. The minimum atomic E-state index is -1.09. The highest BCUT2D eigenvalue weighted by Gasteiger charge is 2.15. The van der Waals surface area contributed by atoms with E-state index in [2.05, 4.69) is 11.8 Å². The van der Waals surface area contributed by atoms with E-state index in [-0.39, 0.29) is 5.41 Å². The second-order valence-corrected chi connectivity index (χ2v) is 5.13. The smallest absolute Gasteiger partial charge is 0.381 e. The van der Waals surface area contributed by atoms with Gasteiger partial charge in [-0.05, 0) is 44.4 Å². The van der Waals surface area contributed by atoms with Gasteiger partial charge in [-0.1, -0.05) is 12.0 Å². The van der Waals surface area contributed by atoms with Gasteiger partial charge >= 0.3 is 5.97 Å². The van der Waals surface area contributed by atoms with E-state index >= 15 is 0 Å². The van der Waals surface area contributed by atoms with E-state index in [1.165, 1.54) is 0 Å². The SMILES string of the molecule is COc1ccc(CCC(C)(C)C#CC(=O)O)cc1OC. The van der Waals surface area contributed by atoms with E-state index in [0.717, 1.165) is 18.4 Å². The Labute approximate surface area is 119 Å². The third kappa shape index (κ3) is 4.85. The molecule has 0 aromatic heterocycles. The molecule has 1 N–H and O–H groups in total. The van der Waals surface area contributed by atoms with Crippen LogP contribution in [0.3, 0.4) is 0 Å². The van der Waals surface area contributed by atoms with E-state index in [9.17, 15) is 4.79 Å². The first-order chi connectivity index (χ1) is 9.38. The number of aliphatic carboxylic acids is 1. The molecule has 1 aromatic carbocycles. The van der Waals surface area contributed by atoms with Crippen LogP contribution < -0.4 is 9.47 Å². The summed E-state index contributed by atoms with van der Waals surface area (Å²) in [5, 5.41) is 8.58. The Kier molecular flexibility index (Phi) is 5.45. The van der Waals surface area contributed by atoms with Gasteiger partial charge in [-0.15, -0.1) is 0 Å². The maximum absolute atomic E-state index is 10.5. The predicted molar refractivity (Wildman–Crippen MR) is 77.1 cm³/mol. The number of hydrogen-bond acceptors (Lipinski definition) is 3. The normalized spacial score (nSPS) is 10.4.